The molecule has 0 heterocycles. The molecular weight excluding hydrogens is 296 g/mol. The second-order valence-electron chi connectivity index (χ2n) is 4.82. The topological polar surface area (TPSA) is 68.2 Å². The molecule has 23 heavy (non-hydrogen) atoms. The zero-order valence-electron chi connectivity index (χ0n) is 13.4. The Morgan fingerprint density at radius 1 is 0.870 bits per heavy atom. The lowest BCUT2D eigenvalue weighted by atomic mass is 10.1. The van der Waals surface area contributed by atoms with Crippen molar-refractivity contribution in [2.75, 3.05) is 21.3 Å². The predicted molar refractivity (Wildman–Crippen MR) is 88.6 cm³/mol. The molecule has 5 heteroatoms. The third kappa shape index (κ3) is 3.51. The molecule has 0 saturated heterocycles. The van der Waals surface area contributed by atoms with Gasteiger partial charge in [-0.2, -0.15) is 0 Å². The van der Waals surface area contributed by atoms with Crippen LogP contribution in [0.1, 0.15) is 11.1 Å². The number of aromatic hydroxyl groups is 2. The Morgan fingerprint density at radius 2 is 1.52 bits per heavy atom. The van der Waals surface area contributed by atoms with E-state index in [9.17, 15) is 10.2 Å². The van der Waals surface area contributed by atoms with E-state index >= 15 is 0 Å². The molecule has 2 aromatic rings. The van der Waals surface area contributed by atoms with Gasteiger partial charge in [-0.25, -0.2) is 0 Å². The lowest BCUT2D eigenvalue weighted by Gasteiger charge is -2.16. The minimum absolute atomic E-state index is 0.0175. The molecular formula is C18H20O5. The van der Waals surface area contributed by atoms with Gasteiger partial charge in [0.05, 0.1) is 21.3 Å². The molecule has 0 fully saturated rings. The van der Waals surface area contributed by atoms with Crippen molar-refractivity contribution in [3.8, 4) is 28.7 Å². The normalized spacial score (nSPS) is 10.7. The van der Waals surface area contributed by atoms with Crippen molar-refractivity contribution in [2.45, 2.75) is 6.42 Å². The van der Waals surface area contributed by atoms with Crippen molar-refractivity contribution in [3.63, 3.8) is 0 Å². The molecule has 122 valence electrons. The zero-order chi connectivity index (χ0) is 16.8. The van der Waals surface area contributed by atoms with E-state index in [4.69, 9.17) is 14.2 Å². The maximum Gasteiger partial charge on any atom is 0.207 e. The summed E-state index contributed by atoms with van der Waals surface area (Å²) in [7, 11) is 4.47. The molecule has 0 atom stereocenters. The summed E-state index contributed by atoms with van der Waals surface area (Å²) in [4.78, 5) is 0. The third-order valence-corrected chi connectivity index (χ3v) is 3.43. The first-order valence-corrected chi connectivity index (χ1v) is 7.07. The second-order valence-corrected chi connectivity index (χ2v) is 4.82. The molecule has 0 aliphatic heterocycles. The Bertz CT molecular complexity index is 707. The SMILES string of the molecule is COc1c(O)cc(CC=Cc2ccccc2O)c(OC)c1OC. The van der Waals surface area contributed by atoms with Crippen LogP contribution in [0.3, 0.4) is 0 Å². The summed E-state index contributed by atoms with van der Waals surface area (Å²) in [5.41, 5.74) is 1.46. The van der Waals surface area contributed by atoms with Gasteiger partial charge in [0.15, 0.2) is 11.5 Å². The van der Waals surface area contributed by atoms with Crippen LogP contribution in [0, 0.1) is 0 Å². The summed E-state index contributed by atoms with van der Waals surface area (Å²) < 4.78 is 15.8. The number of rotatable bonds is 6. The van der Waals surface area contributed by atoms with Gasteiger partial charge in [-0.3, -0.25) is 0 Å². The van der Waals surface area contributed by atoms with Gasteiger partial charge < -0.3 is 24.4 Å². The Balaban J connectivity index is 2.33. The summed E-state index contributed by atoms with van der Waals surface area (Å²) in [5, 5.41) is 19.8. The Labute approximate surface area is 135 Å². The molecule has 0 spiro atoms. The molecule has 0 aliphatic carbocycles. The van der Waals surface area contributed by atoms with Gasteiger partial charge in [-0.1, -0.05) is 30.4 Å². The number of allylic oxidation sites excluding steroid dienone is 1. The number of ether oxygens (including phenoxy) is 3. The lowest BCUT2D eigenvalue weighted by molar-refractivity contribution is 0.309. The highest BCUT2D eigenvalue weighted by Gasteiger charge is 2.19. The monoisotopic (exact) mass is 316 g/mol. The van der Waals surface area contributed by atoms with E-state index in [0.29, 0.717) is 17.9 Å². The minimum Gasteiger partial charge on any atom is -0.507 e. The molecule has 0 unspecified atom stereocenters. The van der Waals surface area contributed by atoms with Crippen LogP contribution in [-0.4, -0.2) is 31.5 Å². The van der Waals surface area contributed by atoms with Crippen LogP contribution >= 0.6 is 0 Å². The molecule has 2 N–H and O–H groups in total. The largest absolute Gasteiger partial charge is 0.507 e. The van der Waals surface area contributed by atoms with Crippen molar-refractivity contribution >= 4 is 6.08 Å². The summed E-state index contributed by atoms with van der Waals surface area (Å²) in [6, 6.07) is 8.64. The standard InChI is InChI=1S/C18H20O5/c1-21-16-13(11-15(20)17(22-2)18(16)23-3)9-6-8-12-7-4-5-10-14(12)19/h4-8,10-11,19-20H,9H2,1-3H3. The maximum absolute atomic E-state index is 10.1. The fourth-order valence-corrected chi connectivity index (χ4v) is 2.36. The second kappa shape index (κ2) is 7.45. The van der Waals surface area contributed by atoms with E-state index < -0.39 is 0 Å². The Hall–Kier alpha value is -2.82. The Morgan fingerprint density at radius 3 is 2.13 bits per heavy atom. The van der Waals surface area contributed by atoms with Gasteiger partial charge in [0.2, 0.25) is 11.5 Å². The third-order valence-electron chi connectivity index (χ3n) is 3.43. The Kier molecular flexibility index (Phi) is 5.36. The molecule has 0 aromatic heterocycles. The van der Waals surface area contributed by atoms with Gasteiger partial charge in [0, 0.05) is 11.1 Å². The highest BCUT2D eigenvalue weighted by atomic mass is 16.5. The van der Waals surface area contributed by atoms with Crippen molar-refractivity contribution < 1.29 is 24.4 Å². The highest BCUT2D eigenvalue weighted by molar-refractivity contribution is 5.63. The van der Waals surface area contributed by atoms with E-state index in [1.807, 2.05) is 24.3 Å². The average Bonchev–Trinajstić information content (AvgIpc) is 2.55. The maximum atomic E-state index is 10.1. The van der Waals surface area contributed by atoms with Crippen molar-refractivity contribution in [2.24, 2.45) is 0 Å². The molecule has 0 saturated carbocycles. The molecule has 2 aromatic carbocycles. The van der Waals surface area contributed by atoms with Crippen LogP contribution < -0.4 is 14.2 Å². The molecule has 0 bridgehead atoms. The average molecular weight is 316 g/mol. The molecule has 5 nitrogen and oxygen atoms in total. The van der Waals surface area contributed by atoms with Gasteiger partial charge >= 0.3 is 0 Å². The predicted octanol–water partition coefficient (Wildman–Crippen LogP) is 3.38. The van der Waals surface area contributed by atoms with Crippen molar-refractivity contribution in [1.29, 1.82) is 0 Å². The molecule has 2 rings (SSSR count). The van der Waals surface area contributed by atoms with Gasteiger partial charge in [0.1, 0.15) is 5.75 Å². The van der Waals surface area contributed by atoms with E-state index in [0.717, 1.165) is 11.1 Å². The van der Waals surface area contributed by atoms with Crippen molar-refractivity contribution in [3.05, 3.63) is 47.5 Å². The van der Waals surface area contributed by atoms with Crippen molar-refractivity contribution in [1.82, 2.24) is 0 Å². The van der Waals surface area contributed by atoms with Crippen LogP contribution in [0.2, 0.25) is 0 Å². The number of methoxy groups -OCH3 is 3. The van der Waals surface area contributed by atoms with E-state index in [-0.39, 0.29) is 17.2 Å². The summed E-state index contributed by atoms with van der Waals surface area (Å²) >= 11 is 0. The first-order chi connectivity index (χ1) is 11.1. The van der Waals surface area contributed by atoms with Crippen LogP contribution in [0.15, 0.2) is 36.4 Å². The van der Waals surface area contributed by atoms with E-state index in [2.05, 4.69) is 0 Å². The first kappa shape index (κ1) is 16.5. The van der Waals surface area contributed by atoms with Gasteiger partial charge in [0.25, 0.3) is 0 Å². The quantitative estimate of drug-likeness (QED) is 0.855. The summed E-state index contributed by atoms with van der Waals surface area (Å²) in [6.45, 7) is 0. The van der Waals surface area contributed by atoms with E-state index in [1.54, 1.807) is 18.2 Å². The lowest BCUT2D eigenvalue weighted by Crippen LogP contribution is -1.99. The fourth-order valence-electron chi connectivity index (χ4n) is 2.36. The highest BCUT2D eigenvalue weighted by Crippen LogP contribution is 2.46. The summed E-state index contributed by atoms with van der Waals surface area (Å²) in [5.74, 6) is 1.28. The number of hydrogen-bond acceptors (Lipinski definition) is 5. The number of hydrogen-bond donors (Lipinski definition) is 2. The molecule has 0 radical (unpaired) electrons. The van der Waals surface area contributed by atoms with Gasteiger partial charge in [-0.05, 0) is 18.6 Å². The molecule has 0 amide bonds. The number of phenolic OH excluding ortho intramolecular Hbond substituents is 2. The smallest absolute Gasteiger partial charge is 0.207 e. The van der Waals surface area contributed by atoms with Crippen LogP contribution in [0.25, 0.3) is 6.08 Å². The number of para-hydroxylation sites is 1. The van der Waals surface area contributed by atoms with E-state index in [1.165, 1.54) is 21.3 Å². The summed E-state index contributed by atoms with van der Waals surface area (Å²) in [6.07, 6.45) is 4.17. The van der Waals surface area contributed by atoms with Crippen LogP contribution in [0.5, 0.6) is 28.7 Å². The molecule has 0 aliphatic rings. The zero-order valence-corrected chi connectivity index (χ0v) is 13.4. The number of benzene rings is 2. The number of phenols is 2. The fraction of sp³-hybridized carbons (Fsp3) is 0.222. The van der Waals surface area contributed by atoms with Crippen LogP contribution in [0.4, 0.5) is 0 Å². The van der Waals surface area contributed by atoms with Gasteiger partial charge in [-0.15, -0.1) is 0 Å². The van der Waals surface area contributed by atoms with Crippen LogP contribution in [-0.2, 0) is 6.42 Å². The first-order valence-electron chi connectivity index (χ1n) is 7.07. The minimum atomic E-state index is -0.0175.